The number of hydrogen-bond acceptors (Lipinski definition) is 3. The second kappa shape index (κ2) is 2.04. The summed E-state index contributed by atoms with van der Waals surface area (Å²) in [5, 5.41) is 3.40. The van der Waals surface area contributed by atoms with Gasteiger partial charge in [-0.15, -0.1) is 0 Å². The summed E-state index contributed by atoms with van der Waals surface area (Å²) in [7, 11) is 0. The Morgan fingerprint density at radius 2 is 2.58 bits per heavy atom. The van der Waals surface area contributed by atoms with E-state index in [9.17, 15) is 0 Å². The second-order valence-corrected chi connectivity index (χ2v) is 3.78. The van der Waals surface area contributed by atoms with Crippen LogP contribution in [0.4, 0.5) is 0 Å². The molecule has 3 heteroatoms. The van der Waals surface area contributed by atoms with Gasteiger partial charge in [0.15, 0.2) is 0 Å². The summed E-state index contributed by atoms with van der Waals surface area (Å²) in [5.41, 5.74) is 1.62. The molecule has 1 aromatic rings. The highest BCUT2D eigenvalue weighted by atomic mass is 15.0. The average molecular weight is 161 g/mol. The summed E-state index contributed by atoms with van der Waals surface area (Å²) in [6.07, 6.45) is 4.81. The third-order valence-corrected chi connectivity index (χ3v) is 3.16. The molecule has 3 nitrogen and oxygen atoms in total. The minimum atomic E-state index is 0.392. The average Bonchev–Trinajstić information content (AvgIpc) is 2.72. The van der Waals surface area contributed by atoms with Crippen LogP contribution in [0.15, 0.2) is 18.6 Å². The van der Waals surface area contributed by atoms with Crippen molar-refractivity contribution >= 4 is 0 Å². The zero-order valence-electron chi connectivity index (χ0n) is 6.83. The molecule has 2 aliphatic rings. The van der Waals surface area contributed by atoms with Crippen molar-refractivity contribution in [1.82, 2.24) is 15.3 Å². The first-order valence-electron chi connectivity index (χ1n) is 4.39. The summed E-state index contributed by atoms with van der Waals surface area (Å²) in [6, 6.07) is 2.05. The standard InChI is InChI=1S/C9H11N3/c1-2-10-6-12-8(1)9-3-7(9)4-11-5-9/h1-2,6-7,11H,3-5H2. The van der Waals surface area contributed by atoms with Gasteiger partial charge in [0.2, 0.25) is 0 Å². The Morgan fingerprint density at radius 1 is 1.58 bits per heavy atom. The van der Waals surface area contributed by atoms with Crippen LogP contribution in [0.2, 0.25) is 0 Å². The smallest absolute Gasteiger partial charge is 0.115 e. The van der Waals surface area contributed by atoms with Gasteiger partial charge in [-0.05, 0) is 24.9 Å². The van der Waals surface area contributed by atoms with Crippen molar-refractivity contribution in [2.24, 2.45) is 5.92 Å². The molecule has 2 atom stereocenters. The van der Waals surface area contributed by atoms with E-state index in [1.54, 1.807) is 6.33 Å². The molecule has 1 saturated heterocycles. The van der Waals surface area contributed by atoms with Gasteiger partial charge in [-0.1, -0.05) is 0 Å². The van der Waals surface area contributed by atoms with Gasteiger partial charge in [0.1, 0.15) is 6.33 Å². The molecule has 1 saturated carbocycles. The van der Waals surface area contributed by atoms with E-state index < -0.39 is 0 Å². The summed E-state index contributed by atoms with van der Waals surface area (Å²) in [5.74, 6) is 0.840. The monoisotopic (exact) mass is 161 g/mol. The molecule has 0 aromatic carbocycles. The number of rotatable bonds is 1. The Balaban J connectivity index is 2.00. The molecule has 3 rings (SSSR count). The van der Waals surface area contributed by atoms with E-state index in [1.165, 1.54) is 18.7 Å². The Labute approximate surface area is 71.2 Å². The zero-order chi connectivity index (χ0) is 8.02. The third-order valence-electron chi connectivity index (χ3n) is 3.16. The van der Waals surface area contributed by atoms with Gasteiger partial charge in [0, 0.05) is 18.2 Å². The van der Waals surface area contributed by atoms with Gasteiger partial charge in [-0.2, -0.15) is 0 Å². The maximum atomic E-state index is 4.32. The molecule has 2 fully saturated rings. The first-order valence-corrected chi connectivity index (χ1v) is 4.39. The van der Waals surface area contributed by atoms with Gasteiger partial charge < -0.3 is 5.32 Å². The quantitative estimate of drug-likeness (QED) is 0.645. The van der Waals surface area contributed by atoms with Crippen molar-refractivity contribution in [3.05, 3.63) is 24.3 Å². The molecule has 1 N–H and O–H groups in total. The van der Waals surface area contributed by atoms with Crippen LogP contribution in [0.25, 0.3) is 0 Å². The van der Waals surface area contributed by atoms with E-state index in [2.05, 4.69) is 15.3 Å². The first kappa shape index (κ1) is 6.54. The highest BCUT2D eigenvalue weighted by Crippen LogP contribution is 2.55. The Kier molecular flexibility index (Phi) is 1.11. The summed E-state index contributed by atoms with van der Waals surface area (Å²) < 4.78 is 0. The fourth-order valence-electron chi connectivity index (χ4n) is 2.32. The molecule has 12 heavy (non-hydrogen) atoms. The number of hydrogen-bond donors (Lipinski definition) is 1. The lowest BCUT2D eigenvalue weighted by Gasteiger charge is -2.09. The zero-order valence-corrected chi connectivity index (χ0v) is 6.83. The fourth-order valence-corrected chi connectivity index (χ4v) is 2.32. The SMILES string of the molecule is c1cc(C23CNCC2C3)ncn1. The molecule has 62 valence electrons. The van der Waals surface area contributed by atoms with Crippen molar-refractivity contribution in [2.45, 2.75) is 11.8 Å². The maximum absolute atomic E-state index is 4.32. The molecular weight excluding hydrogens is 150 g/mol. The lowest BCUT2D eigenvalue weighted by atomic mass is 10.0. The molecule has 1 aromatic heterocycles. The van der Waals surface area contributed by atoms with Gasteiger partial charge in [0.25, 0.3) is 0 Å². The molecule has 1 aliphatic carbocycles. The Morgan fingerprint density at radius 3 is 3.17 bits per heavy atom. The predicted octanol–water partition coefficient (Wildman–Crippen LogP) is 0.337. The van der Waals surface area contributed by atoms with Crippen molar-refractivity contribution in [1.29, 1.82) is 0 Å². The summed E-state index contributed by atoms with van der Waals surface area (Å²) >= 11 is 0. The summed E-state index contributed by atoms with van der Waals surface area (Å²) in [4.78, 5) is 8.26. The maximum Gasteiger partial charge on any atom is 0.115 e. The largest absolute Gasteiger partial charge is 0.315 e. The highest BCUT2D eigenvalue weighted by molar-refractivity contribution is 5.30. The molecule has 1 aliphatic heterocycles. The van der Waals surface area contributed by atoms with E-state index >= 15 is 0 Å². The van der Waals surface area contributed by atoms with Crippen LogP contribution in [0.3, 0.4) is 0 Å². The van der Waals surface area contributed by atoms with Crippen LogP contribution in [0.5, 0.6) is 0 Å². The molecule has 0 spiro atoms. The van der Waals surface area contributed by atoms with Gasteiger partial charge in [-0.25, -0.2) is 9.97 Å². The van der Waals surface area contributed by atoms with Crippen LogP contribution < -0.4 is 5.32 Å². The first-order chi connectivity index (χ1) is 5.92. The lowest BCUT2D eigenvalue weighted by Crippen LogP contribution is -2.20. The van der Waals surface area contributed by atoms with E-state index in [-0.39, 0.29) is 0 Å². The van der Waals surface area contributed by atoms with Crippen molar-refractivity contribution in [3.63, 3.8) is 0 Å². The Bertz CT molecular complexity index is 298. The second-order valence-electron chi connectivity index (χ2n) is 3.78. The van der Waals surface area contributed by atoms with Crippen LogP contribution in [0, 0.1) is 5.92 Å². The van der Waals surface area contributed by atoms with Crippen LogP contribution >= 0.6 is 0 Å². The van der Waals surface area contributed by atoms with Crippen molar-refractivity contribution < 1.29 is 0 Å². The van der Waals surface area contributed by atoms with Crippen LogP contribution in [0.1, 0.15) is 12.1 Å². The third kappa shape index (κ3) is 0.693. The summed E-state index contributed by atoms with van der Waals surface area (Å²) in [6.45, 7) is 2.28. The predicted molar refractivity (Wildman–Crippen MR) is 44.7 cm³/mol. The number of fused-ring (bicyclic) bond motifs is 1. The molecule has 0 radical (unpaired) electrons. The van der Waals surface area contributed by atoms with Gasteiger partial charge in [-0.3, -0.25) is 0 Å². The number of nitrogens with one attached hydrogen (secondary N) is 1. The van der Waals surface area contributed by atoms with E-state index in [4.69, 9.17) is 0 Å². The van der Waals surface area contributed by atoms with Crippen molar-refractivity contribution in [2.75, 3.05) is 13.1 Å². The van der Waals surface area contributed by atoms with E-state index in [1.807, 2.05) is 12.3 Å². The van der Waals surface area contributed by atoms with Gasteiger partial charge in [0.05, 0.1) is 5.69 Å². The molecule has 2 heterocycles. The lowest BCUT2D eigenvalue weighted by molar-refractivity contribution is 0.654. The Hall–Kier alpha value is -0.960. The fraction of sp³-hybridized carbons (Fsp3) is 0.556. The topological polar surface area (TPSA) is 37.8 Å². The van der Waals surface area contributed by atoms with Gasteiger partial charge >= 0.3 is 0 Å². The van der Waals surface area contributed by atoms with E-state index in [0.717, 1.165) is 12.5 Å². The van der Waals surface area contributed by atoms with Crippen LogP contribution in [-0.4, -0.2) is 23.1 Å². The highest BCUT2D eigenvalue weighted by Gasteiger charge is 2.59. The number of piperidine rings is 1. The minimum absolute atomic E-state index is 0.392. The van der Waals surface area contributed by atoms with Crippen LogP contribution in [-0.2, 0) is 5.41 Å². The van der Waals surface area contributed by atoms with E-state index in [0.29, 0.717) is 5.41 Å². The molecular formula is C9H11N3. The number of nitrogens with zero attached hydrogens (tertiary/aromatic N) is 2. The molecule has 2 unspecified atom stereocenters. The minimum Gasteiger partial charge on any atom is -0.315 e. The normalized spacial score (nSPS) is 37.8. The van der Waals surface area contributed by atoms with Crippen molar-refractivity contribution in [3.8, 4) is 0 Å². The molecule has 0 amide bonds. The number of aromatic nitrogens is 2. The molecule has 0 bridgehead atoms.